The van der Waals surface area contributed by atoms with Gasteiger partial charge in [0.15, 0.2) is 0 Å². The molecule has 0 unspecified atom stereocenters. The minimum atomic E-state index is -1.33. The van der Waals surface area contributed by atoms with Crippen molar-refractivity contribution in [2.75, 3.05) is 13.2 Å². The molecule has 1 atom stereocenters. The molecule has 1 amide bonds. The van der Waals surface area contributed by atoms with Gasteiger partial charge in [0.25, 0.3) is 0 Å². The number of unbranched alkanes of at least 4 members (excludes halogenated alkanes) is 8. The van der Waals surface area contributed by atoms with E-state index in [1.54, 1.807) is 0 Å². The Morgan fingerprint density at radius 3 is 1.58 bits per heavy atom. The average molecular weight is 496 g/mol. The van der Waals surface area contributed by atoms with Crippen LogP contribution in [0.3, 0.4) is 0 Å². The number of hydrogen-bond donors (Lipinski definition) is 2. The number of aliphatic hydroxyl groups is 1. The maximum atomic E-state index is 12.1. The van der Waals surface area contributed by atoms with Crippen LogP contribution in [0.5, 0.6) is 11.5 Å². The van der Waals surface area contributed by atoms with Crippen molar-refractivity contribution in [2.45, 2.75) is 103 Å². The summed E-state index contributed by atoms with van der Waals surface area (Å²) < 4.78 is 11.8. The van der Waals surface area contributed by atoms with Crippen molar-refractivity contribution < 1.29 is 19.4 Å². The molecule has 2 aromatic rings. The van der Waals surface area contributed by atoms with Gasteiger partial charge in [-0.25, -0.2) is 0 Å². The lowest BCUT2D eigenvalue weighted by atomic mass is 9.79. The lowest BCUT2D eigenvalue weighted by molar-refractivity contribution is -0.120. The van der Waals surface area contributed by atoms with Crippen LogP contribution >= 0.6 is 0 Å². The smallest absolute Gasteiger partial charge is 0.220 e. The molecule has 0 saturated carbocycles. The molecule has 1 heterocycles. The van der Waals surface area contributed by atoms with E-state index < -0.39 is 5.60 Å². The molecule has 0 aromatic heterocycles. The molecular formula is C31H45NO4. The molecule has 1 aliphatic rings. The first-order chi connectivity index (χ1) is 17.6. The van der Waals surface area contributed by atoms with Crippen molar-refractivity contribution in [3.63, 3.8) is 0 Å². The summed E-state index contributed by atoms with van der Waals surface area (Å²) in [4.78, 5) is 12.0. The molecule has 5 nitrogen and oxygen atoms in total. The molecule has 2 N–H and O–H groups in total. The van der Waals surface area contributed by atoms with E-state index in [0.717, 1.165) is 35.5 Å². The molecule has 2 aromatic carbocycles. The Kier molecular flexibility index (Phi) is 11.6. The van der Waals surface area contributed by atoms with Crippen molar-refractivity contribution >= 4 is 5.91 Å². The SMILES string of the molecule is CCCCCCCOc1ccc(C(O)(c2ccc(OCCCCCCC)cc2)[C@@H]2CCC(=O)N2)cc1. The van der Waals surface area contributed by atoms with Gasteiger partial charge in [-0.1, -0.05) is 89.5 Å². The number of nitrogens with one attached hydrogen (secondary N) is 1. The highest BCUT2D eigenvalue weighted by Gasteiger charge is 2.43. The molecule has 5 heteroatoms. The van der Waals surface area contributed by atoms with Gasteiger partial charge in [-0.3, -0.25) is 4.79 Å². The zero-order valence-corrected chi connectivity index (χ0v) is 22.3. The van der Waals surface area contributed by atoms with Gasteiger partial charge in [0.1, 0.15) is 17.1 Å². The minimum absolute atomic E-state index is 0.0236. The fourth-order valence-electron chi connectivity index (χ4n) is 4.90. The first-order valence-electron chi connectivity index (χ1n) is 14.1. The summed E-state index contributed by atoms with van der Waals surface area (Å²) in [6, 6.07) is 14.9. The van der Waals surface area contributed by atoms with Gasteiger partial charge >= 0.3 is 0 Å². The van der Waals surface area contributed by atoms with Gasteiger partial charge in [0.05, 0.1) is 19.3 Å². The summed E-state index contributed by atoms with van der Waals surface area (Å²) in [7, 11) is 0. The van der Waals surface area contributed by atoms with Gasteiger partial charge in [-0.15, -0.1) is 0 Å². The van der Waals surface area contributed by atoms with Crippen LogP contribution in [0, 0.1) is 0 Å². The highest BCUT2D eigenvalue weighted by molar-refractivity contribution is 5.79. The largest absolute Gasteiger partial charge is 0.494 e. The third-order valence-corrected chi connectivity index (χ3v) is 7.12. The molecule has 0 aliphatic carbocycles. The lowest BCUT2D eigenvalue weighted by Gasteiger charge is -2.35. The van der Waals surface area contributed by atoms with E-state index in [0.29, 0.717) is 26.1 Å². The van der Waals surface area contributed by atoms with Crippen LogP contribution in [0.15, 0.2) is 48.5 Å². The average Bonchev–Trinajstić information content (AvgIpc) is 3.35. The van der Waals surface area contributed by atoms with Gasteiger partial charge in [-0.05, 0) is 54.7 Å². The van der Waals surface area contributed by atoms with E-state index >= 15 is 0 Å². The second kappa shape index (κ2) is 14.9. The number of benzene rings is 2. The predicted molar refractivity (Wildman–Crippen MR) is 146 cm³/mol. The fraction of sp³-hybridized carbons (Fsp3) is 0.581. The second-order valence-corrected chi connectivity index (χ2v) is 10.00. The van der Waals surface area contributed by atoms with Crippen LogP contribution in [0.25, 0.3) is 0 Å². The van der Waals surface area contributed by atoms with Gasteiger partial charge in [0.2, 0.25) is 5.91 Å². The number of amides is 1. The van der Waals surface area contributed by atoms with E-state index in [1.165, 1.54) is 51.4 Å². The van der Waals surface area contributed by atoms with E-state index in [4.69, 9.17) is 9.47 Å². The lowest BCUT2D eigenvalue weighted by Crippen LogP contribution is -2.47. The summed E-state index contributed by atoms with van der Waals surface area (Å²) in [5.41, 5.74) is 0.160. The molecule has 0 radical (unpaired) electrons. The summed E-state index contributed by atoms with van der Waals surface area (Å²) >= 11 is 0. The van der Waals surface area contributed by atoms with Crippen LogP contribution in [-0.2, 0) is 10.4 Å². The number of rotatable bonds is 17. The first kappa shape index (κ1) is 28.0. The van der Waals surface area contributed by atoms with Crippen LogP contribution in [-0.4, -0.2) is 30.3 Å². The van der Waals surface area contributed by atoms with Gasteiger partial charge in [-0.2, -0.15) is 0 Å². The first-order valence-corrected chi connectivity index (χ1v) is 14.1. The van der Waals surface area contributed by atoms with Gasteiger partial charge in [0, 0.05) is 6.42 Å². The molecule has 198 valence electrons. The Morgan fingerprint density at radius 1 is 0.750 bits per heavy atom. The molecule has 1 saturated heterocycles. The van der Waals surface area contributed by atoms with Crippen LogP contribution < -0.4 is 14.8 Å². The van der Waals surface area contributed by atoms with Crippen molar-refractivity contribution in [1.29, 1.82) is 0 Å². The third-order valence-electron chi connectivity index (χ3n) is 7.12. The molecule has 1 fully saturated rings. The molecule has 0 spiro atoms. The van der Waals surface area contributed by atoms with E-state index in [-0.39, 0.29) is 11.9 Å². The Hall–Kier alpha value is -2.53. The monoisotopic (exact) mass is 495 g/mol. The molecule has 0 bridgehead atoms. The minimum Gasteiger partial charge on any atom is -0.494 e. The third kappa shape index (κ3) is 7.99. The highest BCUT2D eigenvalue weighted by atomic mass is 16.5. The highest BCUT2D eigenvalue weighted by Crippen LogP contribution is 2.38. The number of carbonyl (C=O) groups excluding carboxylic acids is 1. The maximum Gasteiger partial charge on any atom is 0.220 e. The molecule has 3 rings (SSSR count). The Morgan fingerprint density at radius 2 is 1.19 bits per heavy atom. The quantitative estimate of drug-likeness (QED) is 0.234. The summed E-state index contributed by atoms with van der Waals surface area (Å²) in [5, 5.41) is 15.0. The Bertz CT molecular complexity index is 834. The van der Waals surface area contributed by atoms with Crippen molar-refractivity contribution in [1.82, 2.24) is 5.32 Å². The molecular weight excluding hydrogens is 450 g/mol. The van der Waals surface area contributed by atoms with Crippen molar-refractivity contribution in [2.24, 2.45) is 0 Å². The van der Waals surface area contributed by atoms with Crippen LogP contribution in [0.2, 0.25) is 0 Å². The standard InChI is InChI=1S/C31H45NO4/c1-3-5-7-9-11-23-35-27-17-13-25(14-18-27)31(34,29-21-22-30(33)32-29)26-15-19-28(20-16-26)36-24-12-10-8-6-4-2/h13-20,29,34H,3-12,21-24H2,1-2H3,(H,32,33)/t29-/m0/s1. The summed E-state index contributed by atoms with van der Waals surface area (Å²) in [5.74, 6) is 1.58. The van der Waals surface area contributed by atoms with Crippen molar-refractivity contribution in [3.05, 3.63) is 59.7 Å². The fourth-order valence-corrected chi connectivity index (χ4v) is 4.90. The van der Waals surface area contributed by atoms with E-state index in [9.17, 15) is 9.90 Å². The number of ether oxygens (including phenoxy) is 2. The number of carbonyl (C=O) groups is 1. The molecule has 36 heavy (non-hydrogen) atoms. The number of hydrogen-bond acceptors (Lipinski definition) is 4. The summed E-state index contributed by atoms with van der Waals surface area (Å²) in [6.45, 7) is 5.84. The zero-order chi connectivity index (χ0) is 25.6. The van der Waals surface area contributed by atoms with Gasteiger partial charge < -0.3 is 19.9 Å². The maximum absolute atomic E-state index is 12.1. The Balaban J connectivity index is 1.66. The van der Waals surface area contributed by atoms with Crippen molar-refractivity contribution in [3.8, 4) is 11.5 Å². The second-order valence-electron chi connectivity index (χ2n) is 10.00. The van der Waals surface area contributed by atoms with E-state index in [2.05, 4.69) is 19.2 Å². The topological polar surface area (TPSA) is 67.8 Å². The van der Waals surface area contributed by atoms with Crippen LogP contribution in [0.4, 0.5) is 0 Å². The predicted octanol–water partition coefficient (Wildman–Crippen LogP) is 6.90. The molecule has 1 aliphatic heterocycles. The normalized spacial score (nSPS) is 15.6. The Labute approximate surface area is 217 Å². The zero-order valence-electron chi connectivity index (χ0n) is 22.3. The van der Waals surface area contributed by atoms with Crippen LogP contribution in [0.1, 0.15) is 102 Å². The summed E-state index contributed by atoms with van der Waals surface area (Å²) in [6.07, 6.45) is 13.0. The van der Waals surface area contributed by atoms with E-state index in [1.807, 2.05) is 48.5 Å².